The molecule has 42 valence electrons. The van der Waals surface area contributed by atoms with E-state index in [1.165, 1.54) is 0 Å². The molecule has 0 unspecified atom stereocenters. The van der Waals surface area contributed by atoms with Gasteiger partial charge in [-0.15, -0.1) is 11.6 Å². The summed E-state index contributed by atoms with van der Waals surface area (Å²) >= 11 is 5.54. The van der Waals surface area contributed by atoms with Gasteiger partial charge in [-0.05, 0) is 13.8 Å². The van der Waals surface area contributed by atoms with Crippen LogP contribution in [0.15, 0.2) is 5.18 Å². The third-order valence-corrected chi connectivity index (χ3v) is 0.560. The van der Waals surface area contributed by atoms with Gasteiger partial charge in [0.25, 0.3) is 0 Å². The molecule has 0 atom stereocenters. The van der Waals surface area contributed by atoms with Gasteiger partial charge in [-0.3, -0.25) is 0 Å². The Morgan fingerprint density at radius 2 is 2.14 bits per heavy atom. The smallest absolute Gasteiger partial charge is 0.0997 e. The Morgan fingerprint density at radius 3 is 2.14 bits per heavy atom. The van der Waals surface area contributed by atoms with Crippen molar-refractivity contribution < 1.29 is 0 Å². The van der Waals surface area contributed by atoms with E-state index in [9.17, 15) is 4.91 Å². The Morgan fingerprint density at radius 1 is 1.71 bits per heavy atom. The van der Waals surface area contributed by atoms with Gasteiger partial charge in [0.1, 0.15) is 0 Å². The second-order valence-corrected chi connectivity index (χ2v) is 3.03. The van der Waals surface area contributed by atoms with Crippen molar-refractivity contribution >= 4 is 11.6 Å². The largest absolute Gasteiger partial charge is 0.151 e. The molecule has 0 aliphatic carbocycles. The molecule has 0 aliphatic heterocycles. The second-order valence-electron chi connectivity index (χ2n) is 2.01. The predicted octanol–water partition coefficient (Wildman–Crippen LogP) is 1.77. The fourth-order valence-corrected chi connectivity index (χ4v) is 0.202. The molecule has 0 aliphatic rings. The topological polar surface area (TPSA) is 29.4 Å². The number of hydrogen-bond acceptors (Lipinski definition) is 2. The molecule has 0 spiro atoms. The highest BCUT2D eigenvalue weighted by Crippen LogP contribution is 2.11. The summed E-state index contributed by atoms with van der Waals surface area (Å²) in [4.78, 5) is 9.03. The second kappa shape index (κ2) is 2.26. The minimum Gasteiger partial charge on any atom is -0.151 e. The lowest BCUT2D eigenvalue weighted by molar-refractivity contribution is 0.708. The van der Waals surface area contributed by atoms with E-state index in [1.54, 1.807) is 13.8 Å². The summed E-state index contributed by atoms with van der Waals surface area (Å²) in [6, 6.07) is 0. The molecular weight excluding hydrogens is 114 g/mol. The average Bonchev–Trinajstić information content (AvgIpc) is 1.30. The molecule has 0 saturated carbocycles. The summed E-state index contributed by atoms with van der Waals surface area (Å²) in [6.45, 7) is 3.67. The van der Waals surface area contributed by atoms with Crippen molar-refractivity contribution in [3.05, 3.63) is 4.91 Å². The van der Waals surface area contributed by atoms with Crippen LogP contribution in [0.4, 0.5) is 0 Å². The summed E-state index contributed by atoms with van der Waals surface area (Å²) in [6.07, 6.45) is 0. The normalized spacial score (nSPS) is 11.3. The Bertz CT molecular complexity index is 66.6. The monoisotopic (exact) mass is 121 g/mol. The van der Waals surface area contributed by atoms with Gasteiger partial charge >= 0.3 is 0 Å². The minimum atomic E-state index is -0.457. The number of halogens is 1. The Kier molecular flexibility index (Phi) is 2.23. The van der Waals surface area contributed by atoms with Gasteiger partial charge in [-0.2, -0.15) is 4.91 Å². The third kappa shape index (κ3) is 5.89. The highest BCUT2D eigenvalue weighted by Gasteiger charge is 2.11. The van der Waals surface area contributed by atoms with Gasteiger partial charge in [-0.1, -0.05) is 5.18 Å². The Balaban J connectivity index is 3.34. The van der Waals surface area contributed by atoms with Crippen LogP contribution in [0, 0.1) is 4.91 Å². The van der Waals surface area contributed by atoms with Gasteiger partial charge < -0.3 is 0 Å². The summed E-state index contributed by atoms with van der Waals surface area (Å²) in [5.74, 6) is 0. The van der Waals surface area contributed by atoms with Crippen LogP contribution in [0.3, 0.4) is 0 Å². The summed E-state index contributed by atoms with van der Waals surface area (Å²) in [5.41, 5.74) is 0. The predicted molar refractivity (Wildman–Crippen MR) is 30.6 cm³/mol. The highest BCUT2D eigenvalue weighted by molar-refractivity contribution is 6.23. The van der Waals surface area contributed by atoms with Gasteiger partial charge in [0.05, 0.1) is 11.4 Å². The van der Waals surface area contributed by atoms with E-state index in [2.05, 4.69) is 5.18 Å². The lowest BCUT2D eigenvalue weighted by Crippen LogP contribution is -2.13. The molecule has 0 aromatic rings. The number of nitrogens with zero attached hydrogens (tertiary/aromatic N) is 1. The van der Waals surface area contributed by atoms with Crippen LogP contribution < -0.4 is 0 Å². The zero-order valence-corrected chi connectivity index (χ0v) is 5.20. The van der Waals surface area contributed by atoms with E-state index in [1.807, 2.05) is 0 Å². The number of alkyl halides is 1. The number of nitroso groups, excluding NO2 is 1. The summed E-state index contributed by atoms with van der Waals surface area (Å²) in [7, 11) is 0. The molecule has 0 saturated heterocycles. The summed E-state index contributed by atoms with van der Waals surface area (Å²) < 4.78 is 0. The van der Waals surface area contributed by atoms with Crippen LogP contribution >= 0.6 is 11.6 Å². The molecule has 3 heteroatoms. The fourth-order valence-electron chi connectivity index (χ4n) is 0.153. The van der Waals surface area contributed by atoms with Crippen molar-refractivity contribution in [1.29, 1.82) is 0 Å². The molecular formula is C4H8ClNO. The first-order chi connectivity index (χ1) is 3.06. The van der Waals surface area contributed by atoms with Crippen molar-refractivity contribution in [2.75, 3.05) is 6.54 Å². The third-order valence-electron chi connectivity index (χ3n) is 0.441. The summed E-state index contributed by atoms with van der Waals surface area (Å²) in [5, 5.41) is 2.62. The van der Waals surface area contributed by atoms with Crippen LogP contribution in [0.25, 0.3) is 0 Å². The van der Waals surface area contributed by atoms with Crippen molar-refractivity contribution in [3.8, 4) is 0 Å². The molecule has 0 radical (unpaired) electrons. The molecule has 0 aromatic carbocycles. The zero-order chi connectivity index (χ0) is 5.91. The molecule has 0 rings (SSSR count). The highest BCUT2D eigenvalue weighted by atomic mass is 35.5. The van der Waals surface area contributed by atoms with Crippen molar-refractivity contribution in [2.45, 2.75) is 18.7 Å². The molecule has 0 amide bonds. The van der Waals surface area contributed by atoms with Crippen LogP contribution in [-0.2, 0) is 0 Å². The zero-order valence-electron chi connectivity index (χ0n) is 4.44. The fraction of sp³-hybridized carbons (Fsp3) is 1.00. The quantitative estimate of drug-likeness (QED) is 0.405. The lowest BCUT2D eigenvalue weighted by Gasteiger charge is -2.07. The number of rotatable bonds is 2. The Labute approximate surface area is 47.8 Å². The molecule has 0 bridgehead atoms. The maximum atomic E-state index is 9.49. The number of hydrogen-bond donors (Lipinski definition) is 0. The van der Waals surface area contributed by atoms with Gasteiger partial charge in [-0.25, -0.2) is 0 Å². The lowest BCUT2D eigenvalue weighted by atomic mass is 10.2. The minimum absolute atomic E-state index is 0.175. The van der Waals surface area contributed by atoms with Crippen molar-refractivity contribution in [1.82, 2.24) is 0 Å². The van der Waals surface area contributed by atoms with E-state index in [0.717, 1.165) is 0 Å². The van der Waals surface area contributed by atoms with Gasteiger partial charge in [0.2, 0.25) is 0 Å². The Hall–Kier alpha value is -0.110. The maximum absolute atomic E-state index is 9.49. The van der Waals surface area contributed by atoms with Gasteiger partial charge in [0.15, 0.2) is 0 Å². The first-order valence-corrected chi connectivity index (χ1v) is 2.42. The van der Waals surface area contributed by atoms with Crippen molar-refractivity contribution in [3.63, 3.8) is 0 Å². The molecule has 0 aromatic heterocycles. The molecule has 2 nitrogen and oxygen atoms in total. The van der Waals surface area contributed by atoms with Crippen LogP contribution in [-0.4, -0.2) is 11.4 Å². The van der Waals surface area contributed by atoms with Crippen LogP contribution in [0.1, 0.15) is 13.8 Å². The standard InChI is InChI=1S/C4H8ClNO/c1-4(2,5)3-6-7/h3H2,1-2H3. The van der Waals surface area contributed by atoms with E-state index < -0.39 is 4.87 Å². The van der Waals surface area contributed by atoms with Gasteiger partial charge in [0, 0.05) is 0 Å². The SMILES string of the molecule is CC(C)(Cl)CN=O. The average molecular weight is 122 g/mol. The first kappa shape index (κ1) is 6.89. The van der Waals surface area contributed by atoms with Crippen molar-refractivity contribution in [2.24, 2.45) is 5.18 Å². The molecule has 0 heterocycles. The molecule has 0 N–H and O–H groups in total. The molecule has 0 fully saturated rings. The van der Waals surface area contributed by atoms with Crippen LogP contribution in [0.2, 0.25) is 0 Å². The van der Waals surface area contributed by atoms with E-state index in [-0.39, 0.29) is 6.54 Å². The van der Waals surface area contributed by atoms with E-state index in [4.69, 9.17) is 11.6 Å². The first-order valence-electron chi connectivity index (χ1n) is 2.04. The molecule has 7 heavy (non-hydrogen) atoms. The van der Waals surface area contributed by atoms with E-state index in [0.29, 0.717) is 0 Å². The maximum Gasteiger partial charge on any atom is 0.0997 e. The van der Waals surface area contributed by atoms with Crippen LogP contribution in [0.5, 0.6) is 0 Å². The van der Waals surface area contributed by atoms with E-state index >= 15 is 0 Å².